The van der Waals surface area contributed by atoms with Gasteiger partial charge in [0.2, 0.25) is 0 Å². The highest BCUT2D eigenvalue weighted by Crippen LogP contribution is 2.56. The van der Waals surface area contributed by atoms with Gasteiger partial charge in [-0.05, 0) is 79.5 Å². The van der Waals surface area contributed by atoms with Gasteiger partial charge in [-0.3, -0.25) is 0 Å². The van der Waals surface area contributed by atoms with Gasteiger partial charge in [-0.25, -0.2) is 0 Å². The Bertz CT molecular complexity index is 2300. The van der Waals surface area contributed by atoms with E-state index < -0.39 is 5.41 Å². The summed E-state index contributed by atoms with van der Waals surface area (Å²) in [4.78, 5) is 0. The van der Waals surface area contributed by atoms with Crippen LogP contribution in [0.1, 0.15) is 22.3 Å². The van der Waals surface area contributed by atoms with Crippen LogP contribution < -0.4 is 0 Å². The van der Waals surface area contributed by atoms with E-state index in [2.05, 4.69) is 169 Å². The first-order valence-electron chi connectivity index (χ1n) is 15.0. The lowest BCUT2D eigenvalue weighted by Gasteiger charge is -2.34. The van der Waals surface area contributed by atoms with Crippen molar-refractivity contribution in [3.8, 4) is 22.3 Å². The van der Waals surface area contributed by atoms with Crippen molar-refractivity contribution in [1.82, 2.24) is 4.57 Å². The minimum absolute atomic E-state index is 0.395. The van der Waals surface area contributed by atoms with E-state index in [1.54, 1.807) is 0 Å². The highest BCUT2D eigenvalue weighted by atomic mass is 14.9. The molecule has 0 fully saturated rings. The molecule has 0 saturated heterocycles. The lowest BCUT2D eigenvalue weighted by Crippen LogP contribution is -2.28. The number of aromatic nitrogens is 1. The smallest absolute Gasteiger partial charge is 0.0713 e. The zero-order valence-electron chi connectivity index (χ0n) is 24.0. The largest absolute Gasteiger partial charge is 0.344 e. The molecule has 1 heterocycles. The third-order valence-corrected chi connectivity index (χ3v) is 9.67. The molecule has 7 aromatic carbocycles. The van der Waals surface area contributed by atoms with E-state index in [9.17, 15) is 0 Å². The van der Waals surface area contributed by atoms with Gasteiger partial charge >= 0.3 is 0 Å². The topological polar surface area (TPSA) is 4.93 Å². The zero-order chi connectivity index (χ0) is 28.5. The van der Waals surface area contributed by atoms with Gasteiger partial charge in [0.15, 0.2) is 0 Å². The van der Waals surface area contributed by atoms with E-state index in [4.69, 9.17) is 0 Å². The highest BCUT2D eigenvalue weighted by Gasteiger charge is 2.46. The van der Waals surface area contributed by atoms with Crippen LogP contribution in [-0.4, -0.2) is 4.57 Å². The van der Waals surface area contributed by atoms with Crippen molar-refractivity contribution in [3.05, 3.63) is 180 Å². The molecule has 43 heavy (non-hydrogen) atoms. The fraction of sp³-hybridized carbons (Fsp3) is 0.0476. The molecule has 8 aromatic rings. The first-order chi connectivity index (χ1) is 21.2. The van der Waals surface area contributed by atoms with Gasteiger partial charge in [0, 0.05) is 28.9 Å². The molecule has 0 atom stereocenters. The monoisotopic (exact) mass is 547 g/mol. The number of aryl methyl sites for hydroxylation is 1. The summed E-state index contributed by atoms with van der Waals surface area (Å²) in [7, 11) is 2.19. The second-order valence-corrected chi connectivity index (χ2v) is 11.8. The van der Waals surface area contributed by atoms with Gasteiger partial charge < -0.3 is 4.57 Å². The molecule has 1 aromatic heterocycles. The molecule has 0 unspecified atom stereocenters. The zero-order valence-corrected chi connectivity index (χ0v) is 24.0. The molecule has 0 bridgehead atoms. The summed E-state index contributed by atoms with van der Waals surface area (Å²) in [5, 5.41) is 5.16. The molecular weight excluding hydrogens is 518 g/mol. The van der Waals surface area contributed by atoms with Gasteiger partial charge in [0.05, 0.1) is 5.41 Å². The molecule has 202 valence electrons. The van der Waals surface area contributed by atoms with Gasteiger partial charge in [0.1, 0.15) is 0 Å². The number of hydrogen-bond donors (Lipinski definition) is 0. The molecule has 1 aliphatic rings. The average Bonchev–Trinajstić information content (AvgIpc) is 3.53. The molecule has 1 nitrogen and oxygen atoms in total. The van der Waals surface area contributed by atoms with Crippen molar-refractivity contribution >= 4 is 32.6 Å². The Hall–Kier alpha value is -5.40. The van der Waals surface area contributed by atoms with Crippen LogP contribution in [-0.2, 0) is 12.5 Å². The van der Waals surface area contributed by atoms with Crippen molar-refractivity contribution in [2.45, 2.75) is 5.41 Å². The van der Waals surface area contributed by atoms with Gasteiger partial charge in [-0.15, -0.1) is 0 Å². The van der Waals surface area contributed by atoms with Crippen LogP contribution in [0, 0.1) is 0 Å². The average molecular weight is 548 g/mol. The maximum absolute atomic E-state index is 2.45. The van der Waals surface area contributed by atoms with Gasteiger partial charge in [-0.1, -0.05) is 133 Å². The Kier molecular flexibility index (Phi) is 5.10. The van der Waals surface area contributed by atoms with Crippen LogP contribution in [0.2, 0.25) is 0 Å². The SMILES string of the molecule is Cn1c2cc(-c3ccc4c(c3)C(c3ccccc3)(c3ccccc3)c3ccccc3-4)ccc2c2cc3ccccc3cc21. The first kappa shape index (κ1) is 24.2. The van der Waals surface area contributed by atoms with E-state index in [-0.39, 0.29) is 0 Å². The Balaban J connectivity index is 1.30. The summed E-state index contributed by atoms with van der Waals surface area (Å²) < 4.78 is 2.35. The van der Waals surface area contributed by atoms with Crippen LogP contribution in [0.25, 0.3) is 54.8 Å². The van der Waals surface area contributed by atoms with E-state index in [0.717, 1.165) is 0 Å². The second-order valence-electron chi connectivity index (χ2n) is 11.8. The number of fused-ring (bicyclic) bond motifs is 7. The lowest BCUT2D eigenvalue weighted by molar-refractivity contribution is 0.769. The molecular formula is C42H29N. The third kappa shape index (κ3) is 3.34. The van der Waals surface area contributed by atoms with Gasteiger partial charge in [0.25, 0.3) is 0 Å². The van der Waals surface area contributed by atoms with Crippen molar-refractivity contribution < 1.29 is 0 Å². The molecule has 0 aliphatic heterocycles. The number of nitrogens with zero attached hydrogens (tertiary/aromatic N) is 1. The molecule has 0 N–H and O–H groups in total. The fourth-order valence-corrected chi connectivity index (χ4v) is 7.69. The van der Waals surface area contributed by atoms with Gasteiger partial charge in [-0.2, -0.15) is 0 Å². The quantitative estimate of drug-likeness (QED) is 0.207. The number of benzene rings is 7. The summed E-state index contributed by atoms with van der Waals surface area (Å²) in [5.74, 6) is 0. The van der Waals surface area contributed by atoms with Crippen LogP contribution in [0.5, 0.6) is 0 Å². The molecule has 9 rings (SSSR count). The highest BCUT2D eigenvalue weighted by molar-refractivity contribution is 6.13. The summed E-state index contributed by atoms with van der Waals surface area (Å²) in [6.07, 6.45) is 0. The van der Waals surface area contributed by atoms with Crippen LogP contribution in [0.4, 0.5) is 0 Å². The second kappa shape index (κ2) is 9.05. The Morgan fingerprint density at radius 1 is 0.419 bits per heavy atom. The fourth-order valence-electron chi connectivity index (χ4n) is 7.69. The van der Waals surface area contributed by atoms with E-state index >= 15 is 0 Å². The Labute approximate surface area is 251 Å². The van der Waals surface area contributed by atoms with Crippen molar-refractivity contribution in [1.29, 1.82) is 0 Å². The van der Waals surface area contributed by atoms with Crippen LogP contribution in [0.15, 0.2) is 158 Å². The summed E-state index contributed by atoms with van der Waals surface area (Å²) >= 11 is 0. The minimum atomic E-state index is -0.395. The van der Waals surface area contributed by atoms with E-state index in [1.165, 1.54) is 77.1 Å². The molecule has 0 amide bonds. The van der Waals surface area contributed by atoms with Crippen molar-refractivity contribution in [2.24, 2.45) is 7.05 Å². The van der Waals surface area contributed by atoms with Crippen LogP contribution >= 0.6 is 0 Å². The first-order valence-corrected chi connectivity index (χ1v) is 15.0. The normalized spacial score (nSPS) is 13.4. The summed E-state index contributed by atoms with van der Waals surface area (Å²) in [6.45, 7) is 0. The predicted molar refractivity (Wildman–Crippen MR) is 181 cm³/mol. The van der Waals surface area contributed by atoms with Crippen LogP contribution in [0.3, 0.4) is 0 Å². The molecule has 1 aliphatic carbocycles. The molecule has 0 spiro atoms. The standard InChI is InChI=1S/C42H29N/c1-43-40-27-31(21-23-36(40)37-24-28-12-8-9-13-29(28)26-41(37)43)30-20-22-35-34-18-10-11-19-38(34)42(39(35)25-30,32-14-4-2-5-15-32)33-16-6-3-7-17-33/h2-27H,1H3. The third-order valence-electron chi connectivity index (χ3n) is 9.67. The Morgan fingerprint density at radius 2 is 0.977 bits per heavy atom. The minimum Gasteiger partial charge on any atom is -0.344 e. The molecule has 0 radical (unpaired) electrons. The number of rotatable bonds is 3. The maximum atomic E-state index is 2.45. The van der Waals surface area contributed by atoms with E-state index in [1.807, 2.05) is 0 Å². The molecule has 1 heteroatoms. The Morgan fingerprint density at radius 3 is 1.72 bits per heavy atom. The molecule has 0 saturated carbocycles. The van der Waals surface area contributed by atoms with Crippen molar-refractivity contribution in [2.75, 3.05) is 0 Å². The summed E-state index contributed by atoms with van der Waals surface area (Å²) in [5.41, 5.74) is 12.5. The van der Waals surface area contributed by atoms with E-state index in [0.29, 0.717) is 0 Å². The maximum Gasteiger partial charge on any atom is 0.0713 e. The predicted octanol–water partition coefficient (Wildman–Crippen LogP) is 10.5. The lowest BCUT2D eigenvalue weighted by atomic mass is 9.67. The van der Waals surface area contributed by atoms with Crippen molar-refractivity contribution in [3.63, 3.8) is 0 Å². The summed E-state index contributed by atoms with van der Waals surface area (Å²) in [6, 6.07) is 58.4. The number of hydrogen-bond acceptors (Lipinski definition) is 0.